The zero-order valence-corrected chi connectivity index (χ0v) is 12.2. The van der Waals surface area contributed by atoms with Gasteiger partial charge in [-0.1, -0.05) is 23.9 Å². The number of nitrogens with zero attached hydrogens (tertiary/aromatic N) is 2. The zero-order chi connectivity index (χ0) is 14.7. The third-order valence-corrected chi connectivity index (χ3v) is 3.63. The second-order valence-corrected chi connectivity index (χ2v) is 5.42. The van der Waals surface area contributed by atoms with Crippen LogP contribution in [0.1, 0.15) is 6.92 Å². The molecule has 0 aliphatic rings. The van der Waals surface area contributed by atoms with E-state index in [2.05, 4.69) is 11.6 Å². The molecule has 2 rings (SSSR count). The molecule has 0 fully saturated rings. The maximum absolute atomic E-state index is 10.7. The van der Waals surface area contributed by atoms with Gasteiger partial charge in [0.25, 0.3) is 0 Å². The second-order valence-electron chi connectivity index (χ2n) is 4.47. The molecule has 5 nitrogen and oxygen atoms in total. The number of fused-ring (bicyclic) bond motifs is 1. The average Bonchev–Trinajstić information content (AvgIpc) is 2.73. The molecule has 2 aromatic rings. The summed E-state index contributed by atoms with van der Waals surface area (Å²) in [5.41, 5.74) is 2.72. The van der Waals surface area contributed by atoms with Gasteiger partial charge in [0, 0.05) is 12.6 Å². The molecule has 1 N–H and O–H groups in total. The van der Waals surface area contributed by atoms with Crippen LogP contribution < -0.4 is 4.74 Å². The number of carbonyl (C=O) groups is 1. The SMILES string of the molecule is C=C(C)Cn1c(SCC(=O)O)nc2cc(OC)ccc21. The number of carboxylic acids is 1. The molecule has 0 aliphatic heterocycles. The fraction of sp³-hybridized carbons (Fsp3) is 0.286. The van der Waals surface area contributed by atoms with Crippen LogP contribution >= 0.6 is 11.8 Å². The van der Waals surface area contributed by atoms with E-state index in [1.807, 2.05) is 29.7 Å². The fourth-order valence-electron chi connectivity index (χ4n) is 1.87. The first-order valence-corrected chi connectivity index (χ1v) is 7.03. The lowest BCUT2D eigenvalue weighted by Crippen LogP contribution is -2.04. The van der Waals surface area contributed by atoms with E-state index in [4.69, 9.17) is 9.84 Å². The Morgan fingerprint density at radius 2 is 2.30 bits per heavy atom. The Hall–Kier alpha value is -1.95. The highest BCUT2D eigenvalue weighted by Crippen LogP contribution is 2.27. The van der Waals surface area contributed by atoms with E-state index in [0.29, 0.717) is 11.7 Å². The van der Waals surface area contributed by atoms with Crippen LogP contribution in [0.15, 0.2) is 35.5 Å². The number of aromatic nitrogens is 2. The molecule has 6 heteroatoms. The normalized spacial score (nSPS) is 10.7. The monoisotopic (exact) mass is 292 g/mol. The molecule has 0 saturated heterocycles. The summed E-state index contributed by atoms with van der Waals surface area (Å²) in [7, 11) is 1.60. The Morgan fingerprint density at radius 3 is 2.90 bits per heavy atom. The summed E-state index contributed by atoms with van der Waals surface area (Å²) < 4.78 is 7.16. The molecule has 1 aromatic carbocycles. The van der Waals surface area contributed by atoms with Crippen LogP contribution in [0, 0.1) is 0 Å². The molecular formula is C14H16N2O3S. The second kappa shape index (κ2) is 6.00. The number of thioether (sulfide) groups is 1. The first-order valence-electron chi connectivity index (χ1n) is 6.04. The Balaban J connectivity index is 2.47. The summed E-state index contributed by atoms with van der Waals surface area (Å²) in [6, 6.07) is 5.63. The molecular weight excluding hydrogens is 276 g/mol. The summed E-state index contributed by atoms with van der Waals surface area (Å²) in [4.78, 5) is 15.2. The highest BCUT2D eigenvalue weighted by Gasteiger charge is 2.13. The lowest BCUT2D eigenvalue weighted by molar-refractivity contribution is -0.133. The van der Waals surface area contributed by atoms with Gasteiger partial charge in [0.05, 0.1) is 23.9 Å². The number of allylic oxidation sites excluding steroid dienone is 1. The minimum atomic E-state index is -0.860. The topological polar surface area (TPSA) is 64.4 Å². The van der Waals surface area contributed by atoms with Crippen molar-refractivity contribution in [2.24, 2.45) is 0 Å². The van der Waals surface area contributed by atoms with Crippen molar-refractivity contribution in [3.8, 4) is 5.75 Å². The number of methoxy groups -OCH3 is 1. The molecule has 0 amide bonds. The molecule has 1 heterocycles. The molecule has 0 unspecified atom stereocenters. The van der Waals surface area contributed by atoms with Gasteiger partial charge in [-0.05, 0) is 19.1 Å². The average molecular weight is 292 g/mol. The van der Waals surface area contributed by atoms with Crippen LogP contribution in [0.2, 0.25) is 0 Å². The van der Waals surface area contributed by atoms with Crippen LogP contribution in [-0.2, 0) is 11.3 Å². The molecule has 0 radical (unpaired) electrons. The summed E-state index contributed by atoms with van der Waals surface area (Å²) in [6.45, 7) is 6.46. The van der Waals surface area contributed by atoms with Crippen LogP contribution in [0.3, 0.4) is 0 Å². The molecule has 20 heavy (non-hydrogen) atoms. The lowest BCUT2D eigenvalue weighted by atomic mass is 10.3. The van der Waals surface area contributed by atoms with Gasteiger partial charge in [0.15, 0.2) is 5.16 Å². The van der Waals surface area contributed by atoms with Crippen molar-refractivity contribution >= 4 is 28.8 Å². The van der Waals surface area contributed by atoms with Gasteiger partial charge < -0.3 is 14.4 Å². The summed E-state index contributed by atoms with van der Waals surface area (Å²) in [6.07, 6.45) is 0. The number of rotatable bonds is 6. The molecule has 0 bridgehead atoms. The van der Waals surface area contributed by atoms with E-state index < -0.39 is 5.97 Å². The van der Waals surface area contributed by atoms with E-state index in [-0.39, 0.29) is 5.75 Å². The Labute approximate surface area is 121 Å². The predicted octanol–water partition coefficient (Wildman–Crippen LogP) is 2.80. The maximum Gasteiger partial charge on any atom is 0.313 e. The van der Waals surface area contributed by atoms with Crippen molar-refractivity contribution in [1.29, 1.82) is 0 Å². The van der Waals surface area contributed by atoms with Crippen molar-refractivity contribution < 1.29 is 14.6 Å². The van der Waals surface area contributed by atoms with Gasteiger partial charge in [0.2, 0.25) is 0 Å². The lowest BCUT2D eigenvalue weighted by Gasteiger charge is -2.08. The molecule has 106 valence electrons. The van der Waals surface area contributed by atoms with Gasteiger partial charge in [-0.25, -0.2) is 4.98 Å². The Kier molecular flexibility index (Phi) is 4.34. The van der Waals surface area contributed by atoms with E-state index in [0.717, 1.165) is 22.4 Å². The first-order chi connectivity index (χ1) is 9.51. The van der Waals surface area contributed by atoms with Crippen molar-refractivity contribution in [2.75, 3.05) is 12.9 Å². The van der Waals surface area contributed by atoms with Crippen LogP contribution in [0.4, 0.5) is 0 Å². The number of hydrogen-bond donors (Lipinski definition) is 1. The Bertz CT molecular complexity index is 664. The number of aliphatic carboxylic acids is 1. The van der Waals surface area contributed by atoms with Gasteiger partial charge in [0.1, 0.15) is 5.75 Å². The molecule has 0 atom stereocenters. The third-order valence-electron chi connectivity index (χ3n) is 2.67. The molecule has 1 aromatic heterocycles. The number of ether oxygens (including phenoxy) is 1. The fourth-order valence-corrected chi connectivity index (χ4v) is 2.61. The van der Waals surface area contributed by atoms with E-state index in [1.54, 1.807) is 7.11 Å². The third kappa shape index (κ3) is 3.14. The van der Waals surface area contributed by atoms with Crippen molar-refractivity contribution in [3.63, 3.8) is 0 Å². The highest BCUT2D eigenvalue weighted by atomic mass is 32.2. The van der Waals surface area contributed by atoms with Gasteiger partial charge in [-0.2, -0.15) is 0 Å². The van der Waals surface area contributed by atoms with Gasteiger partial charge in [-0.3, -0.25) is 4.79 Å². The van der Waals surface area contributed by atoms with E-state index >= 15 is 0 Å². The smallest absolute Gasteiger partial charge is 0.313 e. The number of imidazole rings is 1. The zero-order valence-electron chi connectivity index (χ0n) is 11.4. The number of hydrogen-bond acceptors (Lipinski definition) is 4. The standard InChI is InChI=1S/C14H16N2O3S/c1-9(2)7-16-12-5-4-10(19-3)6-11(12)15-14(16)20-8-13(17)18/h4-6H,1,7-8H2,2-3H3,(H,17,18). The van der Waals surface area contributed by atoms with Gasteiger partial charge >= 0.3 is 5.97 Å². The number of benzene rings is 1. The number of carboxylic acid groups (broad SMARTS) is 1. The largest absolute Gasteiger partial charge is 0.497 e. The first kappa shape index (κ1) is 14.5. The van der Waals surface area contributed by atoms with Crippen molar-refractivity contribution in [3.05, 3.63) is 30.4 Å². The minimum Gasteiger partial charge on any atom is -0.497 e. The van der Waals surface area contributed by atoms with Crippen molar-refractivity contribution in [2.45, 2.75) is 18.6 Å². The van der Waals surface area contributed by atoms with Crippen molar-refractivity contribution in [1.82, 2.24) is 9.55 Å². The molecule has 0 spiro atoms. The van der Waals surface area contributed by atoms with Gasteiger partial charge in [-0.15, -0.1) is 0 Å². The molecule has 0 saturated carbocycles. The predicted molar refractivity (Wildman–Crippen MR) is 79.5 cm³/mol. The minimum absolute atomic E-state index is 0.0172. The van der Waals surface area contributed by atoms with Crippen LogP contribution in [0.25, 0.3) is 11.0 Å². The summed E-state index contributed by atoms with van der Waals surface area (Å²) in [5.74, 6) is -0.148. The summed E-state index contributed by atoms with van der Waals surface area (Å²) >= 11 is 1.21. The van der Waals surface area contributed by atoms with Crippen LogP contribution in [0.5, 0.6) is 5.75 Å². The van der Waals surface area contributed by atoms with Crippen LogP contribution in [-0.4, -0.2) is 33.5 Å². The Morgan fingerprint density at radius 1 is 1.55 bits per heavy atom. The molecule has 0 aliphatic carbocycles. The quantitative estimate of drug-likeness (QED) is 0.655. The van der Waals surface area contributed by atoms with E-state index in [9.17, 15) is 4.79 Å². The summed E-state index contributed by atoms with van der Waals surface area (Å²) in [5, 5.41) is 9.49. The highest BCUT2D eigenvalue weighted by molar-refractivity contribution is 7.99. The maximum atomic E-state index is 10.7. The van der Waals surface area contributed by atoms with E-state index in [1.165, 1.54) is 11.8 Å².